The molecular weight excluding hydrogens is 212 g/mol. The standard InChI is InChI=1S/C14H16N2O/c1-10(17)12-9-13(16(2)3)15-14(12)11-7-5-4-6-8-11/h4-9,15H,1-3H3. The molecule has 0 bridgehead atoms. The summed E-state index contributed by atoms with van der Waals surface area (Å²) in [5, 5.41) is 0. The number of Topliss-reactive ketones (excluding diaryl/α,β-unsaturated/α-hetero) is 1. The maximum Gasteiger partial charge on any atom is 0.162 e. The smallest absolute Gasteiger partial charge is 0.162 e. The predicted octanol–water partition coefficient (Wildman–Crippen LogP) is 2.95. The van der Waals surface area contributed by atoms with Crippen LogP contribution in [-0.4, -0.2) is 24.9 Å². The van der Waals surface area contributed by atoms with Gasteiger partial charge in [-0.1, -0.05) is 30.3 Å². The van der Waals surface area contributed by atoms with Gasteiger partial charge in [0.1, 0.15) is 5.82 Å². The Morgan fingerprint density at radius 3 is 2.35 bits per heavy atom. The number of H-pyrrole nitrogens is 1. The molecule has 0 amide bonds. The number of hydrogen-bond acceptors (Lipinski definition) is 2. The Balaban J connectivity index is 2.56. The molecule has 0 unspecified atom stereocenters. The number of anilines is 1. The Hall–Kier alpha value is -2.03. The van der Waals surface area contributed by atoms with E-state index in [2.05, 4.69) is 4.98 Å². The Labute approximate surface area is 101 Å². The number of nitrogens with one attached hydrogen (secondary N) is 1. The summed E-state index contributed by atoms with van der Waals surface area (Å²) in [6, 6.07) is 11.8. The number of aromatic nitrogens is 1. The number of hydrogen-bond donors (Lipinski definition) is 1. The molecule has 2 aromatic rings. The van der Waals surface area contributed by atoms with E-state index in [9.17, 15) is 4.79 Å². The van der Waals surface area contributed by atoms with Crippen LogP contribution in [0.25, 0.3) is 11.3 Å². The summed E-state index contributed by atoms with van der Waals surface area (Å²) in [6.07, 6.45) is 0. The fourth-order valence-corrected chi connectivity index (χ4v) is 1.79. The molecule has 1 aromatic carbocycles. The highest BCUT2D eigenvalue weighted by Gasteiger charge is 2.14. The molecule has 3 nitrogen and oxygen atoms in total. The van der Waals surface area contributed by atoms with Gasteiger partial charge in [-0.2, -0.15) is 0 Å². The summed E-state index contributed by atoms with van der Waals surface area (Å²) in [5.41, 5.74) is 2.66. The van der Waals surface area contributed by atoms with Crippen LogP contribution in [0.2, 0.25) is 0 Å². The molecule has 0 saturated heterocycles. The van der Waals surface area contributed by atoms with Crippen molar-refractivity contribution in [3.63, 3.8) is 0 Å². The van der Waals surface area contributed by atoms with Gasteiger partial charge in [-0.05, 0) is 18.6 Å². The summed E-state index contributed by atoms with van der Waals surface area (Å²) in [5.74, 6) is 1.02. The van der Waals surface area contributed by atoms with Crippen LogP contribution < -0.4 is 4.90 Å². The molecule has 0 aliphatic carbocycles. The van der Waals surface area contributed by atoms with E-state index < -0.39 is 0 Å². The lowest BCUT2D eigenvalue weighted by atomic mass is 10.1. The number of carbonyl (C=O) groups excluding carboxylic acids is 1. The van der Waals surface area contributed by atoms with Crippen molar-refractivity contribution < 1.29 is 4.79 Å². The molecule has 0 aliphatic heterocycles. The van der Waals surface area contributed by atoms with E-state index in [1.165, 1.54) is 0 Å². The second kappa shape index (κ2) is 4.45. The lowest BCUT2D eigenvalue weighted by molar-refractivity contribution is 0.101. The third-order valence-corrected chi connectivity index (χ3v) is 2.73. The van der Waals surface area contributed by atoms with Crippen molar-refractivity contribution >= 4 is 11.6 Å². The first-order chi connectivity index (χ1) is 8.09. The zero-order valence-electron chi connectivity index (χ0n) is 10.3. The second-order valence-electron chi connectivity index (χ2n) is 4.26. The first kappa shape index (κ1) is 11.5. The van der Waals surface area contributed by atoms with Crippen LogP contribution in [0.15, 0.2) is 36.4 Å². The number of benzene rings is 1. The molecule has 1 N–H and O–H groups in total. The van der Waals surface area contributed by atoms with E-state index >= 15 is 0 Å². The summed E-state index contributed by atoms with van der Waals surface area (Å²) >= 11 is 0. The van der Waals surface area contributed by atoms with E-state index in [1.54, 1.807) is 6.92 Å². The van der Waals surface area contributed by atoms with E-state index in [1.807, 2.05) is 55.4 Å². The number of nitrogens with zero attached hydrogens (tertiary/aromatic N) is 1. The van der Waals surface area contributed by atoms with Crippen LogP contribution in [0.3, 0.4) is 0 Å². The van der Waals surface area contributed by atoms with E-state index in [0.717, 1.165) is 22.6 Å². The molecule has 1 heterocycles. The molecule has 2 rings (SSSR count). The molecule has 3 heteroatoms. The van der Waals surface area contributed by atoms with Crippen LogP contribution >= 0.6 is 0 Å². The van der Waals surface area contributed by atoms with Crippen molar-refractivity contribution in [3.05, 3.63) is 42.0 Å². The number of rotatable bonds is 3. The van der Waals surface area contributed by atoms with Gasteiger partial charge in [-0.15, -0.1) is 0 Å². The van der Waals surface area contributed by atoms with Crippen molar-refractivity contribution in [2.75, 3.05) is 19.0 Å². The Morgan fingerprint density at radius 1 is 1.18 bits per heavy atom. The van der Waals surface area contributed by atoms with Gasteiger partial charge in [0, 0.05) is 19.7 Å². The van der Waals surface area contributed by atoms with Gasteiger partial charge in [-0.3, -0.25) is 4.79 Å². The first-order valence-corrected chi connectivity index (χ1v) is 5.56. The van der Waals surface area contributed by atoms with Crippen LogP contribution in [-0.2, 0) is 0 Å². The summed E-state index contributed by atoms with van der Waals surface area (Å²) < 4.78 is 0. The lowest BCUT2D eigenvalue weighted by Gasteiger charge is -2.08. The van der Waals surface area contributed by atoms with Gasteiger partial charge >= 0.3 is 0 Å². The highest BCUT2D eigenvalue weighted by Crippen LogP contribution is 2.27. The quantitative estimate of drug-likeness (QED) is 0.820. The van der Waals surface area contributed by atoms with Gasteiger partial charge in [0.05, 0.1) is 5.69 Å². The van der Waals surface area contributed by atoms with Crippen molar-refractivity contribution in [2.45, 2.75) is 6.92 Å². The molecule has 0 spiro atoms. The third kappa shape index (κ3) is 2.23. The molecule has 0 radical (unpaired) electrons. The number of aromatic amines is 1. The SMILES string of the molecule is CC(=O)c1cc(N(C)C)[nH]c1-c1ccccc1. The summed E-state index contributed by atoms with van der Waals surface area (Å²) in [4.78, 5) is 16.9. The fraction of sp³-hybridized carbons (Fsp3) is 0.214. The predicted molar refractivity (Wildman–Crippen MR) is 70.6 cm³/mol. The molecule has 0 saturated carbocycles. The summed E-state index contributed by atoms with van der Waals surface area (Å²) in [7, 11) is 3.90. The van der Waals surface area contributed by atoms with Crippen molar-refractivity contribution in [1.82, 2.24) is 4.98 Å². The highest BCUT2D eigenvalue weighted by molar-refractivity contribution is 6.01. The first-order valence-electron chi connectivity index (χ1n) is 5.56. The lowest BCUT2D eigenvalue weighted by Crippen LogP contribution is -2.08. The van der Waals surface area contributed by atoms with E-state index in [4.69, 9.17) is 0 Å². The van der Waals surface area contributed by atoms with Gasteiger partial charge in [0.15, 0.2) is 5.78 Å². The van der Waals surface area contributed by atoms with Gasteiger partial charge in [0.2, 0.25) is 0 Å². The number of ketones is 1. The second-order valence-corrected chi connectivity index (χ2v) is 4.26. The maximum atomic E-state index is 11.6. The van der Waals surface area contributed by atoms with Crippen molar-refractivity contribution in [3.8, 4) is 11.3 Å². The molecular formula is C14H16N2O. The molecule has 17 heavy (non-hydrogen) atoms. The summed E-state index contributed by atoms with van der Waals surface area (Å²) in [6.45, 7) is 1.59. The van der Waals surface area contributed by atoms with Gasteiger partial charge in [-0.25, -0.2) is 0 Å². The van der Waals surface area contributed by atoms with Crippen LogP contribution in [0.1, 0.15) is 17.3 Å². The minimum atomic E-state index is 0.0770. The fourth-order valence-electron chi connectivity index (χ4n) is 1.79. The van der Waals surface area contributed by atoms with Crippen LogP contribution in [0, 0.1) is 0 Å². The van der Waals surface area contributed by atoms with Gasteiger partial charge < -0.3 is 9.88 Å². The molecule has 0 atom stereocenters. The van der Waals surface area contributed by atoms with Crippen LogP contribution in [0.5, 0.6) is 0 Å². The third-order valence-electron chi connectivity index (χ3n) is 2.73. The zero-order valence-corrected chi connectivity index (χ0v) is 10.3. The molecule has 88 valence electrons. The topological polar surface area (TPSA) is 36.1 Å². The minimum absolute atomic E-state index is 0.0770. The van der Waals surface area contributed by atoms with E-state index in [-0.39, 0.29) is 5.78 Å². The Morgan fingerprint density at radius 2 is 1.82 bits per heavy atom. The Bertz CT molecular complexity index is 526. The largest absolute Gasteiger partial charge is 0.364 e. The molecule has 0 fully saturated rings. The minimum Gasteiger partial charge on any atom is -0.364 e. The molecule has 1 aromatic heterocycles. The zero-order chi connectivity index (χ0) is 12.4. The Kier molecular flexibility index (Phi) is 3.00. The van der Waals surface area contributed by atoms with Crippen LogP contribution in [0.4, 0.5) is 5.82 Å². The molecule has 0 aliphatic rings. The average molecular weight is 228 g/mol. The highest BCUT2D eigenvalue weighted by atomic mass is 16.1. The number of carbonyl (C=O) groups is 1. The maximum absolute atomic E-state index is 11.6. The normalized spacial score (nSPS) is 10.3. The van der Waals surface area contributed by atoms with E-state index in [0.29, 0.717) is 0 Å². The van der Waals surface area contributed by atoms with Crippen molar-refractivity contribution in [2.24, 2.45) is 0 Å². The van der Waals surface area contributed by atoms with Crippen molar-refractivity contribution in [1.29, 1.82) is 0 Å². The monoisotopic (exact) mass is 228 g/mol. The van der Waals surface area contributed by atoms with Gasteiger partial charge in [0.25, 0.3) is 0 Å². The average Bonchev–Trinajstić information content (AvgIpc) is 2.75.